The fourth-order valence-electron chi connectivity index (χ4n) is 2.30. The van der Waals surface area contributed by atoms with Crippen molar-refractivity contribution in [2.24, 2.45) is 4.99 Å². The number of amidine groups is 1. The van der Waals surface area contributed by atoms with E-state index < -0.39 is 0 Å². The van der Waals surface area contributed by atoms with Crippen molar-refractivity contribution in [2.45, 2.75) is 13.3 Å². The van der Waals surface area contributed by atoms with E-state index in [1.807, 2.05) is 13.0 Å². The molecule has 0 aromatic heterocycles. The van der Waals surface area contributed by atoms with Crippen molar-refractivity contribution in [1.29, 1.82) is 0 Å². The lowest BCUT2D eigenvalue weighted by Crippen LogP contribution is -2.22. The van der Waals surface area contributed by atoms with E-state index >= 15 is 0 Å². The zero-order chi connectivity index (χ0) is 13.2. The first-order chi connectivity index (χ1) is 9.24. The summed E-state index contributed by atoms with van der Waals surface area (Å²) in [6.07, 6.45) is 0.320. The second kappa shape index (κ2) is 4.91. The number of aliphatic imine (C=N–C) groups is 1. The number of fused-ring (bicyclic) bond motifs is 1. The highest BCUT2D eigenvalue weighted by molar-refractivity contribution is 6.10. The van der Waals surface area contributed by atoms with Crippen LogP contribution in [0, 0.1) is 6.92 Å². The van der Waals surface area contributed by atoms with E-state index in [-0.39, 0.29) is 5.78 Å². The number of hydrogen-bond donors (Lipinski definition) is 1. The number of nitrogens with zero attached hydrogens (tertiary/aromatic N) is 1. The van der Waals surface area contributed by atoms with Gasteiger partial charge in [-0.25, -0.2) is 0 Å². The Kier molecular flexibility index (Phi) is 3.11. The number of hydrogen-bond acceptors (Lipinski definition) is 5. The second-order valence-electron chi connectivity index (χ2n) is 4.67. The van der Waals surface area contributed by atoms with Crippen LogP contribution in [0.4, 0.5) is 0 Å². The molecule has 0 amide bonds. The minimum absolute atomic E-state index is 0.0580. The van der Waals surface area contributed by atoms with Crippen LogP contribution in [0.2, 0.25) is 0 Å². The maximum atomic E-state index is 12.3. The number of ketones is 1. The fraction of sp³-hybridized carbons (Fsp3) is 0.429. The Morgan fingerprint density at radius 3 is 2.74 bits per heavy atom. The van der Waals surface area contributed by atoms with Crippen LogP contribution < -0.4 is 14.8 Å². The molecule has 100 valence electrons. The van der Waals surface area contributed by atoms with Crippen LogP contribution in [0.15, 0.2) is 17.1 Å². The summed E-state index contributed by atoms with van der Waals surface area (Å²) >= 11 is 0. The van der Waals surface area contributed by atoms with Crippen molar-refractivity contribution in [3.05, 3.63) is 23.3 Å². The summed E-state index contributed by atoms with van der Waals surface area (Å²) in [7, 11) is 0. The van der Waals surface area contributed by atoms with Crippen LogP contribution in [0.1, 0.15) is 22.3 Å². The molecular formula is C14H16N2O3. The third-order valence-electron chi connectivity index (χ3n) is 3.26. The van der Waals surface area contributed by atoms with Gasteiger partial charge in [0.1, 0.15) is 19.0 Å². The third kappa shape index (κ3) is 2.41. The van der Waals surface area contributed by atoms with Gasteiger partial charge in [0.25, 0.3) is 0 Å². The van der Waals surface area contributed by atoms with E-state index in [1.54, 1.807) is 6.07 Å². The lowest BCUT2D eigenvalue weighted by atomic mass is 10.0. The predicted molar refractivity (Wildman–Crippen MR) is 71.4 cm³/mol. The Morgan fingerprint density at radius 1 is 1.32 bits per heavy atom. The topological polar surface area (TPSA) is 59.9 Å². The molecule has 0 atom stereocenters. The van der Waals surface area contributed by atoms with Crippen molar-refractivity contribution in [3.8, 4) is 11.5 Å². The average molecular weight is 260 g/mol. The van der Waals surface area contributed by atoms with Gasteiger partial charge in [0.15, 0.2) is 17.3 Å². The van der Waals surface area contributed by atoms with E-state index in [4.69, 9.17) is 9.47 Å². The molecule has 1 aromatic carbocycles. The van der Waals surface area contributed by atoms with E-state index in [1.165, 1.54) is 0 Å². The van der Waals surface area contributed by atoms with Crippen molar-refractivity contribution in [2.75, 3.05) is 26.3 Å². The normalized spacial score (nSPS) is 16.8. The zero-order valence-corrected chi connectivity index (χ0v) is 10.9. The largest absolute Gasteiger partial charge is 0.486 e. The Hall–Kier alpha value is -2.04. The van der Waals surface area contributed by atoms with Gasteiger partial charge in [0, 0.05) is 12.1 Å². The van der Waals surface area contributed by atoms with E-state index in [0.717, 1.165) is 30.2 Å². The maximum absolute atomic E-state index is 12.3. The summed E-state index contributed by atoms with van der Waals surface area (Å²) in [6, 6.07) is 3.65. The van der Waals surface area contributed by atoms with Gasteiger partial charge in [-0.2, -0.15) is 0 Å². The molecule has 3 rings (SSSR count). The second-order valence-corrected chi connectivity index (χ2v) is 4.67. The summed E-state index contributed by atoms with van der Waals surface area (Å²) in [5, 5.41) is 3.11. The molecule has 5 heteroatoms. The maximum Gasteiger partial charge on any atom is 0.170 e. The summed E-state index contributed by atoms with van der Waals surface area (Å²) in [5.74, 6) is 2.21. The molecule has 1 aromatic rings. The Balaban J connectivity index is 1.85. The number of carbonyl (C=O) groups excluding carboxylic acids is 1. The van der Waals surface area contributed by atoms with Crippen molar-refractivity contribution < 1.29 is 14.3 Å². The molecule has 0 aliphatic carbocycles. The van der Waals surface area contributed by atoms with Gasteiger partial charge >= 0.3 is 0 Å². The van der Waals surface area contributed by atoms with E-state index in [9.17, 15) is 4.79 Å². The molecule has 19 heavy (non-hydrogen) atoms. The Bertz CT molecular complexity index is 552. The summed E-state index contributed by atoms with van der Waals surface area (Å²) in [4.78, 5) is 16.5. The van der Waals surface area contributed by atoms with Gasteiger partial charge in [-0.3, -0.25) is 9.79 Å². The first-order valence-electron chi connectivity index (χ1n) is 6.44. The molecule has 0 saturated heterocycles. The Labute approximate surface area is 111 Å². The molecule has 0 saturated carbocycles. The number of Topliss-reactive ketones (excluding diaryl/α,β-unsaturated/α-hetero) is 1. The molecule has 0 radical (unpaired) electrons. The molecule has 0 fully saturated rings. The third-order valence-corrected chi connectivity index (χ3v) is 3.26. The highest BCUT2D eigenvalue weighted by atomic mass is 16.6. The molecule has 0 spiro atoms. The molecule has 2 heterocycles. The fourth-order valence-corrected chi connectivity index (χ4v) is 2.30. The van der Waals surface area contributed by atoms with E-state index in [0.29, 0.717) is 30.9 Å². The highest BCUT2D eigenvalue weighted by Gasteiger charge is 2.19. The molecule has 1 N–H and O–H groups in total. The number of benzene rings is 1. The van der Waals surface area contributed by atoms with Crippen LogP contribution in [0.3, 0.4) is 0 Å². The van der Waals surface area contributed by atoms with Crippen LogP contribution in [0.25, 0.3) is 0 Å². The standard InChI is InChI=1S/C14H16N2O3/c1-9-6-12-13(19-5-4-18-12)7-10(9)11(17)8-14-15-2-3-16-14/h6-7H,2-5,8H2,1H3,(H,15,16). The smallest absolute Gasteiger partial charge is 0.170 e. The molecule has 0 bridgehead atoms. The van der Waals surface area contributed by atoms with Crippen LogP contribution in [-0.4, -0.2) is 37.9 Å². The lowest BCUT2D eigenvalue weighted by Gasteiger charge is -2.20. The SMILES string of the molecule is Cc1cc2c(cc1C(=O)CC1=NCCN1)OCCO2. The minimum atomic E-state index is 0.0580. The van der Waals surface area contributed by atoms with Gasteiger partial charge in [0.2, 0.25) is 0 Å². The molecule has 5 nitrogen and oxygen atoms in total. The monoisotopic (exact) mass is 260 g/mol. The predicted octanol–water partition coefficient (Wildman–Crippen LogP) is 1.34. The van der Waals surface area contributed by atoms with Crippen LogP contribution >= 0.6 is 0 Å². The van der Waals surface area contributed by atoms with Gasteiger partial charge in [-0.05, 0) is 24.6 Å². The summed E-state index contributed by atoms with van der Waals surface area (Å²) in [5.41, 5.74) is 1.59. The number of carbonyl (C=O) groups is 1. The van der Waals surface area contributed by atoms with E-state index in [2.05, 4.69) is 10.3 Å². The van der Waals surface area contributed by atoms with Crippen LogP contribution in [0.5, 0.6) is 11.5 Å². The number of aryl methyl sites for hydroxylation is 1. The average Bonchev–Trinajstić information content (AvgIpc) is 2.90. The van der Waals surface area contributed by atoms with Gasteiger partial charge < -0.3 is 14.8 Å². The molecular weight excluding hydrogens is 244 g/mol. The highest BCUT2D eigenvalue weighted by Crippen LogP contribution is 2.33. The summed E-state index contributed by atoms with van der Waals surface area (Å²) in [6.45, 7) is 4.57. The number of nitrogens with one attached hydrogen (secondary N) is 1. The zero-order valence-electron chi connectivity index (χ0n) is 10.9. The van der Waals surface area contributed by atoms with Gasteiger partial charge in [-0.15, -0.1) is 0 Å². The molecule has 0 unspecified atom stereocenters. The number of ether oxygens (including phenoxy) is 2. The molecule has 2 aliphatic heterocycles. The Morgan fingerprint density at radius 2 is 2.05 bits per heavy atom. The first kappa shape index (κ1) is 12.0. The van der Waals surface area contributed by atoms with Crippen molar-refractivity contribution in [1.82, 2.24) is 5.32 Å². The summed E-state index contributed by atoms with van der Waals surface area (Å²) < 4.78 is 11.0. The van der Waals surface area contributed by atoms with Gasteiger partial charge in [0.05, 0.1) is 13.0 Å². The number of rotatable bonds is 3. The minimum Gasteiger partial charge on any atom is -0.486 e. The first-order valence-corrected chi connectivity index (χ1v) is 6.44. The quantitative estimate of drug-likeness (QED) is 0.833. The van der Waals surface area contributed by atoms with Gasteiger partial charge in [-0.1, -0.05) is 0 Å². The molecule has 2 aliphatic rings. The lowest BCUT2D eigenvalue weighted by molar-refractivity contribution is 0.0998. The van der Waals surface area contributed by atoms with Crippen LogP contribution in [-0.2, 0) is 0 Å². The van der Waals surface area contributed by atoms with Crippen molar-refractivity contribution >= 4 is 11.6 Å². The van der Waals surface area contributed by atoms with Crippen molar-refractivity contribution in [3.63, 3.8) is 0 Å².